The van der Waals surface area contributed by atoms with Gasteiger partial charge in [0, 0.05) is 11.1 Å². The summed E-state index contributed by atoms with van der Waals surface area (Å²) in [7, 11) is 5.76. The van der Waals surface area contributed by atoms with Crippen LogP contribution in [-0.2, 0) is 4.79 Å². The summed E-state index contributed by atoms with van der Waals surface area (Å²) >= 11 is 0. The molecule has 42 heavy (non-hydrogen) atoms. The normalized spacial score (nSPS) is 17.2. The summed E-state index contributed by atoms with van der Waals surface area (Å²) in [6.45, 7) is -0.813. The van der Waals surface area contributed by atoms with Gasteiger partial charge in [0.2, 0.25) is 5.75 Å². The van der Waals surface area contributed by atoms with Gasteiger partial charge in [0.15, 0.2) is 40.6 Å². The van der Waals surface area contributed by atoms with Crippen molar-refractivity contribution in [2.24, 2.45) is 0 Å². The largest absolute Gasteiger partial charge is 0.504 e. The van der Waals surface area contributed by atoms with E-state index >= 15 is 0 Å². The van der Waals surface area contributed by atoms with Crippen molar-refractivity contribution in [3.63, 3.8) is 0 Å². The third kappa shape index (κ3) is 5.94. The minimum Gasteiger partial charge on any atom is -0.504 e. The molecule has 0 aromatic heterocycles. The summed E-state index contributed by atoms with van der Waals surface area (Å²) < 4.78 is 34.2. The molecule has 0 fully saturated rings. The molecule has 4 atom stereocenters. The van der Waals surface area contributed by atoms with Crippen molar-refractivity contribution >= 4 is 12.4 Å². The number of methoxy groups -OCH3 is 4. The number of rotatable bonds is 13. The van der Waals surface area contributed by atoms with Crippen LogP contribution in [0.2, 0.25) is 0 Å². The number of aliphatic hydroxyl groups excluding tert-OH is 3. The third-order valence-corrected chi connectivity index (χ3v) is 7.06. The van der Waals surface area contributed by atoms with Crippen molar-refractivity contribution < 1.29 is 53.6 Å². The van der Waals surface area contributed by atoms with Crippen molar-refractivity contribution in [2.75, 3.05) is 41.7 Å². The molecule has 0 saturated heterocycles. The highest BCUT2D eigenvalue weighted by molar-refractivity contribution is 5.75. The molecular formula is C31H34O11. The lowest BCUT2D eigenvalue weighted by Crippen LogP contribution is -2.29. The zero-order chi connectivity index (χ0) is 30.4. The second kappa shape index (κ2) is 13.5. The first-order valence-corrected chi connectivity index (χ1v) is 13.0. The number of hydrogen-bond acceptors (Lipinski definition) is 11. The quantitative estimate of drug-likeness (QED) is 0.173. The molecule has 1 heterocycles. The van der Waals surface area contributed by atoms with Gasteiger partial charge in [-0.05, 0) is 53.6 Å². The highest BCUT2D eigenvalue weighted by Crippen LogP contribution is 2.53. The van der Waals surface area contributed by atoms with Gasteiger partial charge in [0.1, 0.15) is 18.5 Å². The van der Waals surface area contributed by atoms with Crippen LogP contribution >= 0.6 is 0 Å². The van der Waals surface area contributed by atoms with E-state index in [1.165, 1.54) is 52.7 Å². The lowest BCUT2D eigenvalue weighted by atomic mass is 9.90. The van der Waals surface area contributed by atoms with Gasteiger partial charge in [-0.1, -0.05) is 12.1 Å². The highest BCUT2D eigenvalue weighted by atomic mass is 16.6. The van der Waals surface area contributed by atoms with Crippen LogP contribution in [-0.4, -0.2) is 74.5 Å². The van der Waals surface area contributed by atoms with Crippen LogP contribution < -0.4 is 28.4 Å². The predicted octanol–water partition coefficient (Wildman–Crippen LogP) is 3.32. The van der Waals surface area contributed by atoms with E-state index in [-0.39, 0.29) is 35.4 Å². The van der Waals surface area contributed by atoms with E-state index in [0.29, 0.717) is 40.0 Å². The van der Waals surface area contributed by atoms with Crippen molar-refractivity contribution in [3.8, 4) is 40.2 Å². The minimum atomic E-state index is -1.31. The number of phenolic OH excluding ortho intramolecular Hbond substituents is 1. The van der Waals surface area contributed by atoms with E-state index < -0.39 is 30.8 Å². The van der Waals surface area contributed by atoms with Gasteiger partial charge in [-0.3, -0.25) is 4.79 Å². The number of allylic oxidation sites excluding steroid dienone is 1. The SMILES string of the molecule is COc1cc([C@@H](O)[C@@H](CO)Oc2c(OC)cc([C@H]3Oc4c(OC)cc(C=CC=O)cc4[C@@H]3CO)cc2OC)ccc1O. The average Bonchev–Trinajstić information content (AvgIpc) is 3.40. The number of carbonyl (C=O) groups excluding carboxylic acids is 1. The Bertz CT molecular complexity index is 1410. The number of benzene rings is 3. The minimum absolute atomic E-state index is 0.0995. The maximum atomic E-state index is 11.0. The molecule has 0 radical (unpaired) electrons. The van der Waals surface area contributed by atoms with E-state index in [1.807, 2.05) is 6.07 Å². The molecule has 11 nitrogen and oxygen atoms in total. The Morgan fingerprint density at radius 1 is 0.905 bits per heavy atom. The highest BCUT2D eigenvalue weighted by Gasteiger charge is 2.39. The smallest absolute Gasteiger partial charge is 0.204 e. The molecular weight excluding hydrogens is 548 g/mol. The van der Waals surface area contributed by atoms with Crippen LogP contribution in [0, 0.1) is 0 Å². The molecule has 0 amide bonds. The fraction of sp³-hybridized carbons (Fsp3) is 0.323. The van der Waals surface area contributed by atoms with Crippen LogP contribution in [0.3, 0.4) is 0 Å². The third-order valence-electron chi connectivity index (χ3n) is 7.06. The lowest BCUT2D eigenvalue weighted by molar-refractivity contribution is -0.104. The average molecular weight is 583 g/mol. The number of aliphatic hydroxyl groups is 3. The van der Waals surface area contributed by atoms with E-state index in [2.05, 4.69) is 0 Å². The van der Waals surface area contributed by atoms with Crippen LogP contribution in [0.1, 0.15) is 40.4 Å². The molecule has 0 bridgehead atoms. The molecule has 4 N–H and O–H groups in total. The van der Waals surface area contributed by atoms with E-state index in [1.54, 1.807) is 24.3 Å². The van der Waals surface area contributed by atoms with Crippen LogP contribution in [0.5, 0.6) is 40.2 Å². The fourth-order valence-corrected chi connectivity index (χ4v) is 4.94. The van der Waals surface area contributed by atoms with Gasteiger partial charge >= 0.3 is 0 Å². The zero-order valence-corrected chi connectivity index (χ0v) is 23.6. The summed E-state index contributed by atoms with van der Waals surface area (Å²) in [6, 6.07) is 11.2. The summed E-state index contributed by atoms with van der Waals surface area (Å²) in [5.41, 5.74) is 2.36. The van der Waals surface area contributed by atoms with Crippen molar-refractivity contribution in [3.05, 3.63) is 70.8 Å². The maximum absolute atomic E-state index is 11.0. The second-order valence-electron chi connectivity index (χ2n) is 9.43. The van der Waals surface area contributed by atoms with E-state index in [9.17, 15) is 25.2 Å². The number of fused-ring (bicyclic) bond motifs is 1. The number of carbonyl (C=O) groups is 1. The molecule has 0 spiro atoms. The first-order valence-electron chi connectivity index (χ1n) is 13.0. The molecule has 11 heteroatoms. The molecule has 1 aliphatic heterocycles. The Hall–Kier alpha value is -4.45. The molecule has 0 aliphatic carbocycles. The molecule has 0 unspecified atom stereocenters. The van der Waals surface area contributed by atoms with Gasteiger partial charge in [0.25, 0.3) is 0 Å². The molecule has 224 valence electrons. The predicted molar refractivity (Wildman–Crippen MR) is 152 cm³/mol. The molecule has 0 saturated carbocycles. The summed E-state index contributed by atoms with van der Waals surface area (Å²) in [5.74, 6) is 1.07. The van der Waals surface area contributed by atoms with Gasteiger partial charge in [0.05, 0.1) is 47.6 Å². The first kappa shape index (κ1) is 30.5. The standard InChI is InChI=1S/C31H34O11/c1-37-23-12-18(7-8-22(23)35)28(36)27(16-34)41-31-25(39-3)13-19(14-26(31)40-4)29-21(15-33)20-10-17(6-5-9-32)11-24(38-2)30(20)42-29/h5-14,21,27-29,33-36H,15-16H2,1-4H3/t21-,27+,28+,29+/m0/s1. The Balaban J connectivity index is 1.70. The number of phenols is 1. The fourth-order valence-electron chi connectivity index (χ4n) is 4.94. The van der Waals surface area contributed by atoms with Crippen LogP contribution in [0.25, 0.3) is 6.08 Å². The van der Waals surface area contributed by atoms with Gasteiger partial charge in [-0.2, -0.15) is 0 Å². The van der Waals surface area contributed by atoms with E-state index in [0.717, 1.165) is 0 Å². The topological polar surface area (TPSA) is 153 Å². The van der Waals surface area contributed by atoms with Crippen LogP contribution in [0.15, 0.2) is 48.5 Å². The number of aldehydes is 1. The number of hydrogen-bond donors (Lipinski definition) is 4. The van der Waals surface area contributed by atoms with Crippen molar-refractivity contribution in [1.82, 2.24) is 0 Å². The summed E-state index contributed by atoms with van der Waals surface area (Å²) in [6.07, 6.45) is 0.561. The Kier molecular flexibility index (Phi) is 9.79. The van der Waals surface area contributed by atoms with Crippen molar-refractivity contribution in [1.29, 1.82) is 0 Å². The monoisotopic (exact) mass is 582 g/mol. The Labute approximate surface area is 243 Å². The van der Waals surface area contributed by atoms with Crippen molar-refractivity contribution in [2.45, 2.75) is 24.2 Å². The first-order chi connectivity index (χ1) is 20.3. The molecule has 3 aromatic rings. The second-order valence-corrected chi connectivity index (χ2v) is 9.43. The van der Waals surface area contributed by atoms with Gasteiger partial charge < -0.3 is 48.8 Å². The Morgan fingerprint density at radius 2 is 1.57 bits per heavy atom. The molecule has 3 aromatic carbocycles. The van der Waals surface area contributed by atoms with Gasteiger partial charge in [-0.25, -0.2) is 0 Å². The van der Waals surface area contributed by atoms with Crippen LogP contribution in [0.4, 0.5) is 0 Å². The summed E-state index contributed by atoms with van der Waals surface area (Å²) in [5, 5.41) is 41.4. The molecule has 1 aliphatic rings. The maximum Gasteiger partial charge on any atom is 0.204 e. The lowest BCUT2D eigenvalue weighted by Gasteiger charge is -2.26. The van der Waals surface area contributed by atoms with E-state index in [4.69, 9.17) is 28.4 Å². The molecule has 4 rings (SSSR count). The van der Waals surface area contributed by atoms with Gasteiger partial charge in [-0.15, -0.1) is 0 Å². The Morgan fingerprint density at radius 3 is 2.14 bits per heavy atom. The number of aromatic hydroxyl groups is 1. The zero-order valence-electron chi connectivity index (χ0n) is 23.6. The summed E-state index contributed by atoms with van der Waals surface area (Å²) in [4.78, 5) is 10.8. The number of ether oxygens (including phenoxy) is 6.